The summed E-state index contributed by atoms with van der Waals surface area (Å²) < 4.78 is 12.9. The van der Waals surface area contributed by atoms with Gasteiger partial charge in [-0.1, -0.05) is 106 Å². The molecule has 7 rings (SSSR count). The van der Waals surface area contributed by atoms with E-state index in [0.717, 1.165) is 11.1 Å². The van der Waals surface area contributed by atoms with Crippen LogP contribution >= 0.6 is 0 Å². The molecule has 0 saturated heterocycles. The van der Waals surface area contributed by atoms with Gasteiger partial charge in [0.05, 0.1) is 17.6 Å². The molecule has 4 atom stereocenters. The molecule has 63 heavy (non-hydrogen) atoms. The van der Waals surface area contributed by atoms with Crippen LogP contribution in [0, 0.1) is 0 Å². The number of hydrogen-bond acceptors (Lipinski definition) is 9. The molecule has 2 heterocycles. The van der Waals surface area contributed by atoms with Crippen molar-refractivity contribution in [3.63, 3.8) is 0 Å². The highest BCUT2D eigenvalue weighted by molar-refractivity contribution is 6.00. The third-order valence-corrected chi connectivity index (χ3v) is 11.5. The molecule has 0 radical (unpaired) electrons. The van der Waals surface area contributed by atoms with E-state index in [9.17, 15) is 24.0 Å². The van der Waals surface area contributed by atoms with E-state index in [1.54, 1.807) is 48.5 Å². The highest BCUT2D eigenvalue weighted by Crippen LogP contribution is 2.56. The summed E-state index contributed by atoms with van der Waals surface area (Å²) in [6, 6.07) is 33.4. The first-order valence-corrected chi connectivity index (χ1v) is 21.6. The number of ether oxygens (including phenoxy) is 2. The van der Waals surface area contributed by atoms with E-state index in [-0.39, 0.29) is 0 Å². The predicted molar refractivity (Wildman–Crippen MR) is 241 cm³/mol. The normalized spacial score (nSPS) is 15.0. The molecule has 326 valence electrons. The van der Waals surface area contributed by atoms with Crippen molar-refractivity contribution in [3.05, 3.63) is 155 Å². The number of nitrogens with two attached hydrogens (primary N) is 2. The largest absolute Gasteiger partial charge is 0.456 e. The maximum atomic E-state index is 14.0. The number of hydrogen-bond donors (Lipinski definition) is 6. The number of esters is 1. The van der Waals surface area contributed by atoms with Gasteiger partial charge in [0.25, 0.3) is 0 Å². The molecular weight excluding hydrogens is 797 g/mol. The first-order valence-electron chi connectivity index (χ1n) is 21.6. The highest BCUT2D eigenvalue weighted by Gasteiger charge is 2.53. The minimum Gasteiger partial charge on any atom is -0.456 e. The van der Waals surface area contributed by atoms with Gasteiger partial charge in [-0.25, -0.2) is 4.79 Å². The molecule has 0 bridgehead atoms. The summed E-state index contributed by atoms with van der Waals surface area (Å²) in [5, 5.41) is 11.6. The maximum Gasteiger partial charge on any atom is 0.340 e. The Hall–Kier alpha value is -6.83. The molecule has 5 aromatic rings. The summed E-state index contributed by atoms with van der Waals surface area (Å²) in [4.78, 5) is 67.7. The number of fused-ring (bicyclic) bond motifs is 6. The predicted octanol–water partition coefficient (Wildman–Crippen LogP) is 6.62. The summed E-state index contributed by atoms with van der Waals surface area (Å²) >= 11 is 0. The first kappa shape index (κ1) is 44.2. The number of amides is 4. The van der Waals surface area contributed by atoms with Crippen LogP contribution in [0.5, 0.6) is 11.5 Å². The summed E-state index contributed by atoms with van der Waals surface area (Å²) in [5.41, 5.74) is 15.7. The van der Waals surface area contributed by atoms with Gasteiger partial charge in [-0.3, -0.25) is 19.2 Å². The van der Waals surface area contributed by atoms with Crippen molar-refractivity contribution in [2.45, 2.75) is 95.0 Å². The fourth-order valence-corrected chi connectivity index (χ4v) is 8.18. The lowest BCUT2D eigenvalue weighted by Gasteiger charge is -2.37. The Kier molecular flexibility index (Phi) is 14.0. The number of carbonyl (C=O) groups excluding carboxylic acids is 5. The Morgan fingerprint density at radius 1 is 0.556 bits per heavy atom. The molecule has 4 amide bonds. The van der Waals surface area contributed by atoms with Crippen molar-refractivity contribution in [3.8, 4) is 11.5 Å². The SMILES string of the molecule is CCC[C@H](N)C(=O)N[C@@H](CCc1ccccc1)C(=O)Nc1ccc2c(c1)Oc1cc(NC(=O)[C@H](CCc3ccccc3)NC(=O)[C@@H](N)CCC)ccc1C21OC(=O)c2ccccc21. The second-order valence-corrected chi connectivity index (χ2v) is 16.1. The first-order chi connectivity index (χ1) is 30.5. The fourth-order valence-electron chi connectivity index (χ4n) is 8.18. The monoisotopic (exact) mass is 850 g/mol. The lowest BCUT2D eigenvalue weighted by molar-refractivity contribution is -0.127. The second kappa shape index (κ2) is 19.9. The molecule has 0 saturated carbocycles. The zero-order chi connectivity index (χ0) is 44.5. The molecule has 1 spiro atoms. The van der Waals surface area contributed by atoms with Crippen LogP contribution in [0.1, 0.15) is 90.5 Å². The molecular formula is C50H54N6O7. The summed E-state index contributed by atoms with van der Waals surface area (Å²) in [7, 11) is 0. The number of benzene rings is 5. The molecule has 2 aliphatic heterocycles. The lowest BCUT2D eigenvalue weighted by Crippen LogP contribution is -2.50. The summed E-state index contributed by atoms with van der Waals surface area (Å²) in [5.74, 6) is -1.64. The molecule has 0 fully saturated rings. The van der Waals surface area contributed by atoms with E-state index in [0.29, 0.717) is 96.5 Å². The molecule has 0 aliphatic carbocycles. The standard InChI is InChI=1S/C50H54N6O7/c1-3-13-39(51)45(57)55-41(27-21-31-15-7-5-8-16-31)47(59)53-33-23-25-37-43(29-33)62-44-30-34(24-26-38(44)50(37)36-20-12-11-19-35(36)49(61)63-50)54-48(60)42(56-46(58)40(52)14-4-2)28-22-32-17-9-6-10-18-32/h5-12,15-20,23-26,29-30,39-42H,3-4,13-14,21-22,27-28,51-52H2,1-2H3,(H,53,59)(H,54,60)(H,55,57)(H,56,58)/t39-,40-,41-,42-/m0/s1. The molecule has 5 aromatic carbocycles. The van der Waals surface area contributed by atoms with Crippen LogP contribution in [-0.4, -0.2) is 53.8 Å². The topological polar surface area (TPSA) is 204 Å². The molecule has 8 N–H and O–H groups in total. The van der Waals surface area contributed by atoms with E-state index >= 15 is 0 Å². The number of anilines is 2. The molecule has 13 heteroatoms. The Morgan fingerprint density at radius 2 is 1.00 bits per heavy atom. The van der Waals surface area contributed by atoms with Gasteiger partial charge in [0, 0.05) is 40.2 Å². The van der Waals surface area contributed by atoms with Gasteiger partial charge in [-0.15, -0.1) is 0 Å². The van der Waals surface area contributed by atoms with Crippen molar-refractivity contribution >= 4 is 41.0 Å². The Labute approximate surface area is 367 Å². The van der Waals surface area contributed by atoms with Crippen LogP contribution in [0.15, 0.2) is 121 Å². The van der Waals surface area contributed by atoms with E-state index in [4.69, 9.17) is 20.9 Å². The van der Waals surface area contributed by atoms with E-state index in [1.165, 1.54) is 0 Å². The maximum absolute atomic E-state index is 14.0. The van der Waals surface area contributed by atoms with Crippen LogP contribution in [0.2, 0.25) is 0 Å². The molecule has 2 aliphatic rings. The Bertz CT molecular complexity index is 2320. The van der Waals surface area contributed by atoms with Crippen molar-refractivity contribution in [2.24, 2.45) is 11.5 Å². The average Bonchev–Trinajstić information content (AvgIpc) is 3.58. The molecule has 13 nitrogen and oxygen atoms in total. The van der Waals surface area contributed by atoms with Crippen molar-refractivity contribution < 1.29 is 33.4 Å². The fraction of sp³-hybridized carbons (Fsp3) is 0.300. The van der Waals surface area contributed by atoms with Crippen LogP contribution in [0.4, 0.5) is 11.4 Å². The average molecular weight is 851 g/mol. The van der Waals surface area contributed by atoms with Gasteiger partial charge >= 0.3 is 5.97 Å². The van der Waals surface area contributed by atoms with E-state index < -0.39 is 59.4 Å². The number of nitrogens with one attached hydrogen (secondary N) is 4. The molecule has 0 unspecified atom stereocenters. The van der Waals surface area contributed by atoms with Crippen molar-refractivity contribution in [1.29, 1.82) is 0 Å². The molecule has 0 aromatic heterocycles. The highest BCUT2D eigenvalue weighted by atomic mass is 16.6. The third-order valence-electron chi connectivity index (χ3n) is 11.5. The van der Waals surface area contributed by atoms with Crippen LogP contribution in [0.25, 0.3) is 0 Å². The van der Waals surface area contributed by atoms with E-state index in [2.05, 4.69) is 21.3 Å². The minimum absolute atomic E-state index is 0.293. The van der Waals surface area contributed by atoms with Gasteiger partial charge in [-0.2, -0.15) is 0 Å². The zero-order valence-electron chi connectivity index (χ0n) is 35.5. The zero-order valence-corrected chi connectivity index (χ0v) is 35.5. The Morgan fingerprint density at radius 3 is 1.46 bits per heavy atom. The smallest absolute Gasteiger partial charge is 0.340 e. The number of carbonyl (C=O) groups is 5. The van der Waals surface area contributed by atoms with Gasteiger partial charge in [0.15, 0.2) is 5.60 Å². The lowest BCUT2D eigenvalue weighted by atomic mass is 9.77. The van der Waals surface area contributed by atoms with Gasteiger partial charge in [-0.05, 0) is 80.0 Å². The summed E-state index contributed by atoms with van der Waals surface area (Å²) in [6.07, 6.45) is 4.08. The van der Waals surface area contributed by atoms with Crippen LogP contribution in [0.3, 0.4) is 0 Å². The van der Waals surface area contributed by atoms with Gasteiger partial charge < -0.3 is 42.2 Å². The van der Waals surface area contributed by atoms with Gasteiger partial charge in [0.1, 0.15) is 23.6 Å². The summed E-state index contributed by atoms with van der Waals surface area (Å²) in [6.45, 7) is 3.87. The third kappa shape index (κ3) is 9.95. The van der Waals surface area contributed by atoms with Crippen molar-refractivity contribution in [2.75, 3.05) is 10.6 Å². The van der Waals surface area contributed by atoms with E-state index in [1.807, 2.05) is 86.6 Å². The minimum atomic E-state index is -1.43. The Balaban J connectivity index is 1.18. The van der Waals surface area contributed by atoms with Crippen LogP contribution in [-0.2, 0) is 42.4 Å². The quantitative estimate of drug-likeness (QED) is 0.0524. The van der Waals surface area contributed by atoms with Gasteiger partial charge in [0.2, 0.25) is 23.6 Å². The van der Waals surface area contributed by atoms with Crippen LogP contribution < -0.4 is 37.5 Å². The number of rotatable bonds is 18. The second-order valence-electron chi connectivity index (χ2n) is 16.1. The number of aryl methyl sites for hydroxylation is 2. The van der Waals surface area contributed by atoms with Crippen molar-refractivity contribution in [1.82, 2.24) is 10.6 Å².